The second-order valence-corrected chi connectivity index (χ2v) is 7.91. The number of amides is 2. The second kappa shape index (κ2) is 7.01. The van der Waals surface area contributed by atoms with Gasteiger partial charge in [0.25, 0.3) is 0 Å². The number of hydrogen-bond acceptors (Lipinski definition) is 6. The minimum Gasteiger partial charge on any atom is -0.493 e. The van der Waals surface area contributed by atoms with Crippen LogP contribution in [0.5, 0.6) is 5.88 Å². The summed E-state index contributed by atoms with van der Waals surface area (Å²) >= 11 is 0. The van der Waals surface area contributed by atoms with Gasteiger partial charge in [-0.2, -0.15) is 9.61 Å². The Balaban J connectivity index is 1.55. The Kier molecular flexibility index (Phi) is 4.30. The third-order valence-corrected chi connectivity index (χ3v) is 5.31. The number of aromatic hydroxyl groups is 1. The van der Waals surface area contributed by atoms with Crippen LogP contribution in [0.4, 0.5) is 10.6 Å². The van der Waals surface area contributed by atoms with Gasteiger partial charge in [-0.1, -0.05) is 0 Å². The van der Waals surface area contributed by atoms with Crippen LogP contribution in [-0.2, 0) is 0 Å². The van der Waals surface area contributed by atoms with Gasteiger partial charge in [-0.25, -0.2) is 14.6 Å². The molecule has 5 rings (SSSR count). The van der Waals surface area contributed by atoms with Crippen molar-refractivity contribution in [3.05, 3.63) is 39.1 Å². The number of nitrogens with one attached hydrogen (secondary N) is 4. The van der Waals surface area contributed by atoms with Crippen LogP contribution >= 0.6 is 0 Å². The minimum atomic E-state index is -0.517. The molecule has 2 fully saturated rings. The molecule has 1 atom stereocenters. The molecular weight excluding hydrogens is 388 g/mol. The summed E-state index contributed by atoms with van der Waals surface area (Å²) in [6, 6.07) is 1.73. The van der Waals surface area contributed by atoms with Crippen molar-refractivity contribution in [1.82, 2.24) is 29.9 Å². The number of nitrogens with zero attached hydrogens (tertiary/aromatic N) is 4. The lowest BCUT2D eigenvalue weighted by atomic mass is 10.2. The van der Waals surface area contributed by atoms with Crippen molar-refractivity contribution in [3.63, 3.8) is 0 Å². The van der Waals surface area contributed by atoms with Crippen molar-refractivity contribution in [3.8, 4) is 5.88 Å². The molecule has 0 aromatic carbocycles. The number of aromatic nitrogens is 5. The standard InChI is InChI=1S/C19H22N8O3/c1-9(10-2-3-10)21-18(29)25-14-7-15(22-12-4-5-12)27-16(24-14)11(8-20-27)6-13-17(28)26-19(30)23-13/h6-10,12,28H,2-5H2,1H3,(H2,21,25,29)(H2,23,26,30)/b11-6+,22-15?/t9-/m1/s1. The van der Waals surface area contributed by atoms with Gasteiger partial charge in [0.2, 0.25) is 5.88 Å². The first-order valence-corrected chi connectivity index (χ1v) is 9.99. The number of aromatic amines is 2. The van der Waals surface area contributed by atoms with E-state index in [2.05, 4.69) is 35.7 Å². The summed E-state index contributed by atoms with van der Waals surface area (Å²) in [4.78, 5) is 37.8. The van der Waals surface area contributed by atoms with Crippen LogP contribution in [0, 0.1) is 5.92 Å². The Hall–Kier alpha value is -3.63. The van der Waals surface area contributed by atoms with Crippen LogP contribution in [0.3, 0.4) is 0 Å². The molecule has 0 radical (unpaired) electrons. The maximum absolute atomic E-state index is 12.4. The first-order chi connectivity index (χ1) is 14.5. The monoisotopic (exact) mass is 410 g/mol. The van der Waals surface area contributed by atoms with Crippen LogP contribution in [0.25, 0.3) is 11.7 Å². The predicted molar refractivity (Wildman–Crippen MR) is 108 cm³/mol. The van der Waals surface area contributed by atoms with Crippen molar-refractivity contribution < 1.29 is 9.90 Å². The van der Waals surface area contributed by atoms with Crippen molar-refractivity contribution in [2.24, 2.45) is 10.9 Å². The van der Waals surface area contributed by atoms with E-state index in [1.807, 2.05) is 6.92 Å². The van der Waals surface area contributed by atoms with Gasteiger partial charge in [0.1, 0.15) is 11.5 Å². The van der Waals surface area contributed by atoms with Gasteiger partial charge in [0.05, 0.1) is 12.2 Å². The second-order valence-electron chi connectivity index (χ2n) is 7.91. The molecule has 2 amide bonds. The van der Waals surface area contributed by atoms with E-state index in [9.17, 15) is 14.7 Å². The summed E-state index contributed by atoms with van der Waals surface area (Å²) in [5, 5.41) is 20.5. The molecule has 3 aromatic rings. The van der Waals surface area contributed by atoms with E-state index < -0.39 is 5.69 Å². The summed E-state index contributed by atoms with van der Waals surface area (Å²) in [5.41, 5.74) is 0.728. The fourth-order valence-electron chi connectivity index (χ4n) is 3.33. The molecule has 3 heterocycles. The zero-order chi connectivity index (χ0) is 20.8. The minimum absolute atomic E-state index is 0.108. The van der Waals surface area contributed by atoms with Crippen molar-refractivity contribution in [1.29, 1.82) is 0 Å². The topological polar surface area (TPSA) is 153 Å². The van der Waals surface area contributed by atoms with Gasteiger partial charge in [0.15, 0.2) is 11.1 Å². The van der Waals surface area contributed by atoms with Crippen molar-refractivity contribution in [2.75, 3.05) is 5.32 Å². The van der Waals surface area contributed by atoms with E-state index in [-0.39, 0.29) is 29.7 Å². The predicted octanol–water partition coefficient (Wildman–Crippen LogP) is -0.0179. The Morgan fingerprint density at radius 3 is 2.83 bits per heavy atom. The molecule has 2 aliphatic carbocycles. The molecule has 156 valence electrons. The highest BCUT2D eigenvalue weighted by atomic mass is 16.3. The van der Waals surface area contributed by atoms with Gasteiger partial charge >= 0.3 is 11.7 Å². The maximum Gasteiger partial charge on any atom is 0.326 e. The molecule has 3 aromatic heterocycles. The number of imidazole rings is 1. The van der Waals surface area contributed by atoms with Crippen molar-refractivity contribution in [2.45, 2.75) is 44.7 Å². The molecule has 0 bridgehead atoms. The molecule has 11 nitrogen and oxygen atoms in total. The Morgan fingerprint density at radius 1 is 1.37 bits per heavy atom. The summed E-state index contributed by atoms with van der Waals surface area (Å²) in [6.45, 7) is 2.00. The highest BCUT2D eigenvalue weighted by molar-refractivity contribution is 5.88. The molecule has 0 spiro atoms. The lowest BCUT2D eigenvalue weighted by molar-refractivity contribution is 0.248. The molecule has 11 heteroatoms. The van der Waals surface area contributed by atoms with Gasteiger partial charge < -0.3 is 15.4 Å². The van der Waals surface area contributed by atoms with Crippen LogP contribution in [0.15, 0.2) is 22.1 Å². The van der Waals surface area contributed by atoms with Gasteiger partial charge in [-0.05, 0) is 44.6 Å². The van der Waals surface area contributed by atoms with Crippen LogP contribution in [0.1, 0.15) is 38.3 Å². The smallest absolute Gasteiger partial charge is 0.326 e. The van der Waals surface area contributed by atoms with Gasteiger partial charge in [0, 0.05) is 17.3 Å². The van der Waals surface area contributed by atoms with Crippen molar-refractivity contribution >= 4 is 23.6 Å². The summed E-state index contributed by atoms with van der Waals surface area (Å²) in [5.74, 6) is 0.619. The zero-order valence-electron chi connectivity index (χ0n) is 16.3. The van der Waals surface area contributed by atoms with Crippen LogP contribution < -0.4 is 27.0 Å². The highest BCUT2D eigenvalue weighted by Gasteiger charge is 2.29. The first-order valence-electron chi connectivity index (χ1n) is 9.99. The Bertz CT molecular complexity index is 1300. The first kappa shape index (κ1) is 18.4. The molecular formula is C19H22N8O3. The van der Waals surface area contributed by atoms with Crippen LogP contribution in [-0.4, -0.2) is 47.8 Å². The fourth-order valence-corrected chi connectivity index (χ4v) is 3.33. The molecule has 30 heavy (non-hydrogen) atoms. The third-order valence-electron chi connectivity index (χ3n) is 5.31. The van der Waals surface area contributed by atoms with Gasteiger partial charge in [-0.3, -0.25) is 15.3 Å². The number of carbonyl (C=O) groups excluding carboxylic acids is 1. The molecule has 2 saturated carbocycles. The largest absolute Gasteiger partial charge is 0.493 e. The highest BCUT2D eigenvalue weighted by Crippen LogP contribution is 2.32. The number of anilines is 1. The molecule has 0 unspecified atom stereocenters. The molecule has 2 aliphatic rings. The quantitative estimate of drug-likeness (QED) is 0.400. The number of rotatable bonds is 5. The molecule has 0 aliphatic heterocycles. The summed E-state index contributed by atoms with van der Waals surface area (Å²) in [6.07, 6.45) is 7.44. The number of hydrogen-bond donors (Lipinski definition) is 5. The van der Waals surface area contributed by atoms with E-state index in [0.29, 0.717) is 28.1 Å². The summed E-state index contributed by atoms with van der Waals surface area (Å²) < 4.78 is 1.59. The van der Waals surface area contributed by atoms with E-state index in [0.717, 1.165) is 25.7 Å². The van der Waals surface area contributed by atoms with E-state index in [4.69, 9.17) is 0 Å². The number of fused-ring (bicyclic) bond motifs is 1. The molecule has 0 saturated heterocycles. The van der Waals surface area contributed by atoms with E-state index in [1.54, 1.807) is 22.9 Å². The zero-order valence-corrected chi connectivity index (χ0v) is 16.3. The lowest BCUT2D eigenvalue weighted by Gasteiger charge is -2.13. The maximum atomic E-state index is 12.4. The Labute approximate surface area is 170 Å². The molecule has 5 N–H and O–H groups in total. The Morgan fingerprint density at radius 2 is 2.17 bits per heavy atom. The fraction of sp³-hybridized carbons (Fsp3) is 0.421. The number of carbonyl (C=O) groups is 1. The number of H-pyrrole nitrogens is 2. The van der Waals surface area contributed by atoms with Crippen LogP contribution in [0.2, 0.25) is 0 Å². The van der Waals surface area contributed by atoms with E-state index in [1.165, 1.54) is 0 Å². The number of urea groups is 1. The third kappa shape index (κ3) is 3.78. The average molecular weight is 410 g/mol. The summed E-state index contributed by atoms with van der Waals surface area (Å²) in [7, 11) is 0. The van der Waals surface area contributed by atoms with E-state index >= 15 is 0 Å². The SMILES string of the molecule is C[C@@H](NC(=O)Nc1cc(=NC2CC2)n2nc/c(=C\c3[nH]c(=O)[nH]c3O)c2n1)C1CC1. The van der Waals surface area contributed by atoms with Gasteiger partial charge in [-0.15, -0.1) is 0 Å². The lowest BCUT2D eigenvalue weighted by Crippen LogP contribution is -2.37. The normalized spacial score (nSPS) is 18.7. The average Bonchev–Trinajstić information content (AvgIpc) is 3.60.